The van der Waals surface area contributed by atoms with Crippen LogP contribution < -0.4 is 10.6 Å². The highest BCUT2D eigenvalue weighted by Gasteiger charge is 2.49. The van der Waals surface area contributed by atoms with Gasteiger partial charge in [0.15, 0.2) is 0 Å². The van der Waals surface area contributed by atoms with E-state index < -0.39 is 59.8 Å². The molecule has 0 unspecified atom stereocenters. The van der Waals surface area contributed by atoms with Crippen molar-refractivity contribution >= 4 is 58.7 Å². The van der Waals surface area contributed by atoms with Crippen LogP contribution in [0.15, 0.2) is 17.5 Å². The summed E-state index contributed by atoms with van der Waals surface area (Å²) in [5, 5.41) is 27.0. The lowest BCUT2D eigenvalue weighted by molar-refractivity contribution is -0.156. The van der Waals surface area contributed by atoms with Crippen molar-refractivity contribution in [3.8, 4) is 0 Å². The zero-order chi connectivity index (χ0) is 29.0. The second kappa shape index (κ2) is 13.0. The number of nitrogens with zero attached hydrogens (tertiary/aromatic N) is 2. The molecule has 1 aliphatic carbocycles. The van der Waals surface area contributed by atoms with Crippen LogP contribution in [0, 0.1) is 11.8 Å². The highest BCUT2D eigenvalue weighted by atomic mass is 32.2. The monoisotopic (exact) mass is 594 g/mol. The van der Waals surface area contributed by atoms with E-state index in [1.165, 1.54) is 32.9 Å². The van der Waals surface area contributed by atoms with E-state index in [2.05, 4.69) is 10.6 Å². The minimum atomic E-state index is -1.19. The number of thiophene rings is 1. The van der Waals surface area contributed by atoms with Crippen LogP contribution in [0.2, 0.25) is 0 Å². The molecular formula is C26H34N4O8S2. The van der Waals surface area contributed by atoms with Gasteiger partial charge in [0.25, 0.3) is 5.91 Å². The van der Waals surface area contributed by atoms with Crippen LogP contribution in [0.3, 0.4) is 0 Å². The molecule has 2 aliphatic heterocycles. The zero-order valence-corrected chi connectivity index (χ0v) is 23.7. The van der Waals surface area contributed by atoms with E-state index in [4.69, 9.17) is 0 Å². The molecule has 0 bridgehead atoms. The maximum Gasteiger partial charge on any atom is 0.326 e. The van der Waals surface area contributed by atoms with Crippen molar-refractivity contribution in [2.24, 2.45) is 11.8 Å². The van der Waals surface area contributed by atoms with Crippen LogP contribution in [-0.4, -0.2) is 105 Å². The number of rotatable bonds is 9. The molecule has 3 aliphatic rings. The molecule has 14 heteroatoms. The van der Waals surface area contributed by atoms with E-state index in [0.29, 0.717) is 30.6 Å². The Hall–Kier alpha value is -3.13. The molecular weight excluding hydrogens is 560 g/mol. The molecule has 4 amide bonds. The number of nitrogens with one attached hydrogen (secondary N) is 2. The molecule has 218 valence electrons. The molecule has 0 radical (unpaired) electrons. The smallest absolute Gasteiger partial charge is 0.326 e. The second-order valence-electron chi connectivity index (χ2n) is 10.5. The number of carbonyl (C=O) groups is 6. The molecule has 40 heavy (non-hydrogen) atoms. The maximum absolute atomic E-state index is 13.8. The summed E-state index contributed by atoms with van der Waals surface area (Å²) in [4.78, 5) is 79.3. The summed E-state index contributed by atoms with van der Waals surface area (Å²) in [6.45, 7) is 0.0426. The maximum atomic E-state index is 13.8. The number of likely N-dealkylation sites (tertiary alicyclic amines) is 2. The van der Waals surface area contributed by atoms with Crippen LogP contribution in [0.1, 0.15) is 48.2 Å². The van der Waals surface area contributed by atoms with E-state index in [-0.39, 0.29) is 43.5 Å². The van der Waals surface area contributed by atoms with Crippen molar-refractivity contribution in [2.75, 3.05) is 25.1 Å². The molecule has 3 heterocycles. The van der Waals surface area contributed by atoms with Crippen molar-refractivity contribution < 1.29 is 39.0 Å². The number of aliphatic carboxylic acids is 2. The SMILES string of the molecule is CSCC(=O)N[C@H]1C[C@@H](C(=O)O)N(C(=O)[C@H]2CCCC[C@@H]2C(=O)N2C[C@@H](NC(=O)c3cccs3)C[C@H]2C(=O)O)C1. The molecule has 1 saturated carbocycles. The summed E-state index contributed by atoms with van der Waals surface area (Å²) in [5.41, 5.74) is 0. The summed E-state index contributed by atoms with van der Waals surface area (Å²) in [6.07, 6.45) is 4.02. The summed E-state index contributed by atoms with van der Waals surface area (Å²) < 4.78 is 0. The van der Waals surface area contributed by atoms with E-state index in [0.717, 1.165) is 0 Å². The first kappa shape index (κ1) is 29.8. The Morgan fingerprint density at radius 1 is 0.900 bits per heavy atom. The van der Waals surface area contributed by atoms with Gasteiger partial charge < -0.3 is 30.6 Å². The third-order valence-electron chi connectivity index (χ3n) is 7.86. The molecule has 0 aromatic carbocycles. The Kier molecular flexibility index (Phi) is 9.72. The highest BCUT2D eigenvalue weighted by Crippen LogP contribution is 2.36. The standard InChI is InChI=1S/C26H34N4O8S2/c1-39-13-21(31)27-14-9-18(25(35)36)29(11-14)23(33)16-5-2-3-6-17(16)24(34)30-12-15(10-19(30)26(37)38)28-22(32)20-7-4-8-40-20/h4,7-8,14-19H,2-3,5-6,9-13H2,1H3,(H,27,31)(H,28,32)(H,35,36)(H,37,38)/t14-,15-,16-,17-,18-,19-/m0/s1. The number of hydrogen-bond acceptors (Lipinski definition) is 8. The van der Waals surface area contributed by atoms with Crippen molar-refractivity contribution in [1.82, 2.24) is 20.4 Å². The largest absolute Gasteiger partial charge is 0.480 e. The van der Waals surface area contributed by atoms with Gasteiger partial charge in [0.2, 0.25) is 17.7 Å². The Balaban J connectivity index is 1.48. The van der Waals surface area contributed by atoms with Gasteiger partial charge in [-0.1, -0.05) is 18.9 Å². The first-order chi connectivity index (χ1) is 19.1. The molecule has 2 saturated heterocycles. The van der Waals surface area contributed by atoms with Gasteiger partial charge in [-0.25, -0.2) is 9.59 Å². The predicted molar refractivity (Wildman–Crippen MR) is 147 cm³/mol. The summed E-state index contributed by atoms with van der Waals surface area (Å²) in [5.74, 6) is -5.23. The number of carbonyl (C=O) groups excluding carboxylic acids is 4. The first-order valence-corrected chi connectivity index (χ1v) is 15.6. The van der Waals surface area contributed by atoms with Crippen molar-refractivity contribution in [3.05, 3.63) is 22.4 Å². The third-order valence-corrected chi connectivity index (χ3v) is 9.28. The fourth-order valence-electron chi connectivity index (χ4n) is 6.05. The van der Waals surface area contributed by atoms with Crippen molar-refractivity contribution in [3.63, 3.8) is 0 Å². The molecule has 0 spiro atoms. The van der Waals surface area contributed by atoms with Gasteiger partial charge in [-0.15, -0.1) is 11.3 Å². The topological polar surface area (TPSA) is 173 Å². The van der Waals surface area contributed by atoms with Crippen LogP contribution in [0.25, 0.3) is 0 Å². The van der Waals surface area contributed by atoms with E-state index in [9.17, 15) is 39.0 Å². The lowest BCUT2D eigenvalue weighted by Crippen LogP contribution is -2.51. The van der Waals surface area contributed by atoms with E-state index >= 15 is 0 Å². The van der Waals surface area contributed by atoms with Gasteiger partial charge in [-0.2, -0.15) is 11.8 Å². The molecule has 4 rings (SSSR count). The number of hydrogen-bond donors (Lipinski definition) is 4. The average Bonchev–Trinajstić information content (AvgIpc) is 3.68. The molecule has 12 nitrogen and oxygen atoms in total. The van der Waals surface area contributed by atoms with Gasteiger partial charge in [-0.05, 0) is 30.5 Å². The Morgan fingerprint density at radius 2 is 1.43 bits per heavy atom. The minimum absolute atomic E-state index is 0.00926. The number of carboxylic acid groups (broad SMARTS) is 2. The number of thioether (sulfide) groups is 1. The molecule has 4 N–H and O–H groups in total. The van der Waals surface area contributed by atoms with Crippen LogP contribution in [0.4, 0.5) is 0 Å². The van der Waals surface area contributed by atoms with Crippen LogP contribution in [0.5, 0.6) is 0 Å². The summed E-state index contributed by atoms with van der Waals surface area (Å²) in [6, 6.07) is 0.0588. The van der Waals surface area contributed by atoms with Crippen molar-refractivity contribution in [1.29, 1.82) is 0 Å². The van der Waals surface area contributed by atoms with Crippen LogP contribution >= 0.6 is 23.1 Å². The van der Waals surface area contributed by atoms with Gasteiger partial charge in [0.1, 0.15) is 12.1 Å². The van der Waals surface area contributed by atoms with Crippen LogP contribution in [-0.2, 0) is 24.0 Å². The fourth-order valence-corrected chi connectivity index (χ4v) is 7.02. The number of carboxylic acids is 2. The Labute approximate surface area is 239 Å². The van der Waals surface area contributed by atoms with Gasteiger partial charge >= 0.3 is 11.9 Å². The van der Waals surface area contributed by atoms with Gasteiger partial charge in [-0.3, -0.25) is 19.2 Å². The zero-order valence-electron chi connectivity index (χ0n) is 22.1. The fraction of sp³-hybridized carbons (Fsp3) is 0.615. The summed E-state index contributed by atoms with van der Waals surface area (Å²) in [7, 11) is 0. The summed E-state index contributed by atoms with van der Waals surface area (Å²) >= 11 is 2.59. The highest BCUT2D eigenvalue weighted by molar-refractivity contribution is 7.99. The normalized spacial score (nSPS) is 28.2. The van der Waals surface area contributed by atoms with E-state index in [1.54, 1.807) is 23.8 Å². The quantitative estimate of drug-likeness (QED) is 0.324. The average molecular weight is 595 g/mol. The lowest BCUT2D eigenvalue weighted by atomic mass is 9.77. The first-order valence-electron chi connectivity index (χ1n) is 13.3. The third kappa shape index (κ3) is 6.60. The Morgan fingerprint density at radius 3 is 1.88 bits per heavy atom. The van der Waals surface area contributed by atoms with Gasteiger partial charge in [0.05, 0.1) is 10.6 Å². The molecule has 1 aromatic rings. The minimum Gasteiger partial charge on any atom is -0.480 e. The predicted octanol–water partition coefficient (Wildman–Crippen LogP) is 0.872. The molecule has 3 fully saturated rings. The Bertz CT molecular complexity index is 1150. The molecule has 6 atom stereocenters. The molecule has 1 aromatic heterocycles. The van der Waals surface area contributed by atoms with Crippen molar-refractivity contribution in [2.45, 2.75) is 62.7 Å². The van der Waals surface area contributed by atoms with Gasteiger partial charge in [0, 0.05) is 49.9 Å². The lowest BCUT2D eigenvalue weighted by Gasteiger charge is -2.36. The van der Waals surface area contributed by atoms with E-state index in [1.807, 2.05) is 0 Å². The second-order valence-corrected chi connectivity index (χ2v) is 12.3. The number of amides is 4.